The first-order chi connectivity index (χ1) is 11.2. The standard InChI is InChI=1S/C18H20FN3O/c1-23-17-8-2-13(3-9-17)18-12-15(10-11-20)21-22(18)16-6-4-14(19)5-7-16/h2-9,18H,10-12,20H2,1H3. The minimum atomic E-state index is -0.250. The molecule has 1 atom stereocenters. The van der Waals surface area contributed by atoms with Crippen molar-refractivity contribution in [2.75, 3.05) is 18.7 Å². The Bertz CT molecular complexity index is 682. The summed E-state index contributed by atoms with van der Waals surface area (Å²) in [6.45, 7) is 0.575. The lowest BCUT2D eigenvalue weighted by molar-refractivity contribution is 0.414. The van der Waals surface area contributed by atoms with Crippen LogP contribution in [0.3, 0.4) is 0 Å². The monoisotopic (exact) mass is 313 g/mol. The van der Waals surface area contributed by atoms with Crippen LogP contribution in [0.4, 0.5) is 10.1 Å². The Hall–Kier alpha value is -2.40. The summed E-state index contributed by atoms with van der Waals surface area (Å²) < 4.78 is 18.4. The molecule has 3 rings (SSSR count). The Morgan fingerprint density at radius 1 is 1.17 bits per heavy atom. The highest BCUT2D eigenvalue weighted by atomic mass is 19.1. The van der Waals surface area contributed by atoms with Crippen molar-refractivity contribution in [3.63, 3.8) is 0 Å². The van der Waals surface area contributed by atoms with Crippen molar-refractivity contribution in [2.45, 2.75) is 18.9 Å². The van der Waals surface area contributed by atoms with Crippen LogP contribution in [-0.4, -0.2) is 19.4 Å². The molecule has 0 aromatic heterocycles. The van der Waals surface area contributed by atoms with E-state index in [1.165, 1.54) is 12.1 Å². The van der Waals surface area contributed by atoms with E-state index in [9.17, 15) is 4.39 Å². The van der Waals surface area contributed by atoms with E-state index in [-0.39, 0.29) is 11.9 Å². The molecule has 4 nitrogen and oxygen atoms in total. The van der Waals surface area contributed by atoms with E-state index in [1.807, 2.05) is 29.3 Å². The van der Waals surface area contributed by atoms with Gasteiger partial charge in [0, 0.05) is 12.1 Å². The topological polar surface area (TPSA) is 50.9 Å². The fourth-order valence-electron chi connectivity index (χ4n) is 2.81. The second kappa shape index (κ2) is 6.79. The molecule has 0 spiro atoms. The number of anilines is 1. The molecule has 5 heteroatoms. The summed E-state index contributed by atoms with van der Waals surface area (Å²) in [6, 6.07) is 14.5. The first kappa shape index (κ1) is 15.5. The smallest absolute Gasteiger partial charge is 0.123 e. The van der Waals surface area contributed by atoms with Crippen LogP contribution in [0, 0.1) is 5.82 Å². The first-order valence-electron chi connectivity index (χ1n) is 7.66. The van der Waals surface area contributed by atoms with Crippen molar-refractivity contribution in [3.05, 3.63) is 59.9 Å². The molecule has 2 aromatic carbocycles. The van der Waals surface area contributed by atoms with Crippen LogP contribution in [0.25, 0.3) is 0 Å². The van der Waals surface area contributed by atoms with Crippen LogP contribution in [0.2, 0.25) is 0 Å². The lowest BCUT2D eigenvalue weighted by atomic mass is 10.00. The predicted octanol–water partition coefficient (Wildman–Crippen LogP) is 3.49. The molecule has 1 aliphatic rings. The average molecular weight is 313 g/mol. The van der Waals surface area contributed by atoms with Crippen LogP contribution in [0.15, 0.2) is 53.6 Å². The molecule has 2 N–H and O–H groups in total. The summed E-state index contributed by atoms with van der Waals surface area (Å²) in [5.74, 6) is 0.572. The number of hydrogen-bond donors (Lipinski definition) is 1. The zero-order chi connectivity index (χ0) is 16.2. The van der Waals surface area contributed by atoms with Crippen molar-refractivity contribution < 1.29 is 9.13 Å². The lowest BCUT2D eigenvalue weighted by Gasteiger charge is -2.24. The Morgan fingerprint density at radius 3 is 2.48 bits per heavy atom. The fourth-order valence-corrected chi connectivity index (χ4v) is 2.81. The molecule has 0 aliphatic carbocycles. The van der Waals surface area contributed by atoms with E-state index in [1.54, 1.807) is 19.2 Å². The van der Waals surface area contributed by atoms with Crippen molar-refractivity contribution in [1.82, 2.24) is 0 Å². The van der Waals surface area contributed by atoms with E-state index < -0.39 is 0 Å². The van der Waals surface area contributed by atoms with Crippen molar-refractivity contribution >= 4 is 11.4 Å². The van der Waals surface area contributed by atoms with Gasteiger partial charge in [-0.1, -0.05) is 12.1 Å². The normalized spacial score (nSPS) is 17.3. The molecule has 23 heavy (non-hydrogen) atoms. The minimum Gasteiger partial charge on any atom is -0.497 e. The van der Waals surface area contributed by atoms with Gasteiger partial charge in [0.1, 0.15) is 11.6 Å². The summed E-state index contributed by atoms with van der Waals surface area (Å²) in [5.41, 5.74) is 8.75. The number of halogens is 1. The summed E-state index contributed by atoms with van der Waals surface area (Å²) in [4.78, 5) is 0. The van der Waals surface area contributed by atoms with Gasteiger partial charge in [-0.3, -0.25) is 5.01 Å². The number of hydrogen-bond acceptors (Lipinski definition) is 4. The SMILES string of the molecule is COc1ccc(C2CC(CCN)=NN2c2ccc(F)cc2)cc1. The van der Waals surface area contributed by atoms with E-state index in [4.69, 9.17) is 15.6 Å². The number of nitrogens with zero attached hydrogens (tertiary/aromatic N) is 2. The number of ether oxygens (including phenoxy) is 1. The van der Waals surface area contributed by atoms with Gasteiger partial charge in [0.25, 0.3) is 0 Å². The predicted molar refractivity (Wildman–Crippen MR) is 90.3 cm³/mol. The van der Waals surface area contributed by atoms with Gasteiger partial charge >= 0.3 is 0 Å². The molecule has 0 bridgehead atoms. The number of rotatable bonds is 5. The molecule has 1 unspecified atom stereocenters. The van der Waals surface area contributed by atoms with E-state index in [2.05, 4.69) is 0 Å². The zero-order valence-corrected chi connectivity index (χ0v) is 13.1. The van der Waals surface area contributed by atoms with Crippen LogP contribution >= 0.6 is 0 Å². The zero-order valence-electron chi connectivity index (χ0n) is 13.1. The highest BCUT2D eigenvalue weighted by molar-refractivity contribution is 5.89. The minimum absolute atomic E-state index is 0.0907. The molecular formula is C18H20FN3O. The Balaban J connectivity index is 1.91. The van der Waals surface area contributed by atoms with Crippen LogP contribution in [0.1, 0.15) is 24.4 Å². The average Bonchev–Trinajstić information content (AvgIpc) is 3.00. The lowest BCUT2D eigenvalue weighted by Crippen LogP contribution is -2.18. The van der Waals surface area contributed by atoms with Crippen LogP contribution in [-0.2, 0) is 0 Å². The van der Waals surface area contributed by atoms with Crippen LogP contribution < -0.4 is 15.5 Å². The fraction of sp³-hybridized carbons (Fsp3) is 0.278. The molecule has 1 aliphatic heterocycles. The number of methoxy groups -OCH3 is 1. The summed E-state index contributed by atoms with van der Waals surface area (Å²) >= 11 is 0. The highest BCUT2D eigenvalue weighted by Gasteiger charge is 2.28. The van der Waals surface area contributed by atoms with Crippen LogP contribution in [0.5, 0.6) is 5.75 Å². The van der Waals surface area contributed by atoms with Gasteiger partial charge in [-0.15, -0.1) is 0 Å². The Labute approximate surface area is 135 Å². The second-order valence-electron chi connectivity index (χ2n) is 5.52. The van der Waals surface area contributed by atoms with Crippen molar-refractivity contribution in [3.8, 4) is 5.75 Å². The third-order valence-corrected chi connectivity index (χ3v) is 4.00. The molecule has 0 saturated heterocycles. The van der Waals surface area contributed by atoms with E-state index in [0.29, 0.717) is 6.54 Å². The van der Waals surface area contributed by atoms with Crippen molar-refractivity contribution in [1.29, 1.82) is 0 Å². The third-order valence-electron chi connectivity index (χ3n) is 4.00. The molecule has 0 fully saturated rings. The summed E-state index contributed by atoms with van der Waals surface area (Å²) in [7, 11) is 1.65. The molecule has 0 radical (unpaired) electrons. The Morgan fingerprint density at radius 2 is 1.87 bits per heavy atom. The summed E-state index contributed by atoms with van der Waals surface area (Å²) in [5, 5.41) is 6.65. The first-order valence-corrected chi connectivity index (χ1v) is 7.66. The maximum absolute atomic E-state index is 13.2. The van der Waals surface area contributed by atoms with Crippen molar-refractivity contribution in [2.24, 2.45) is 10.8 Å². The second-order valence-corrected chi connectivity index (χ2v) is 5.52. The molecule has 0 amide bonds. The largest absolute Gasteiger partial charge is 0.497 e. The Kier molecular flexibility index (Phi) is 4.57. The van der Waals surface area contributed by atoms with Gasteiger partial charge in [-0.25, -0.2) is 4.39 Å². The number of nitrogens with two attached hydrogens (primary N) is 1. The van der Waals surface area contributed by atoms with Gasteiger partial charge in [0.15, 0.2) is 0 Å². The third kappa shape index (κ3) is 3.35. The maximum atomic E-state index is 13.2. The maximum Gasteiger partial charge on any atom is 0.123 e. The van der Waals surface area contributed by atoms with Gasteiger partial charge in [0.05, 0.1) is 18.8 Å². The van der Waals surface area contributed by atoms with Gasteiger partial charge in [0.2, 0.25) is 0 Å². The van der Waals surface area contributed by atoms with E-state index >= 15 is 0 Å². The van der Waals surface area contributed by atoms with Gasteiger partial charge in [-0.2, -0.15) is 5.10 Å². The van der Waals surface area contributed by atoms with E-state index in [0.717, 1.165) is 35.6 Å². The number of hydrazone groups is 1. The van der Waals surface area contributed by atoms with Gasteiger partial charge in [-0.05, 0) is 54.9 Å². The highest BCUT2D eigenvalue weighted by Crippen LogP contribution is 2.36. The molecular weight excluding hydrogens is 293 g/mol. The van der Waals surface area contributed by atoms with Gasteiger partial charge < -0.3 is 10.5 Å². The molecule has 2 aromatic rings. The molecule has 120 valence electrons. The number of benzene rings is 2. The quantitative estimate of drug-likeness (QED) is 0.919. The summed E-state index contributed by atoms with van der Waals surface area (Å²) in [6.07, 6.45) is 1.59. The molecule has 1 heterocycles. The molecule has 0 saturated carbocycles.